The summed E-state index contributed by atoms with van der Waals surface area (Å²) in [5.74, 6) is 1.79. The first-order valence-corrected chi connectivity index (χ1v) is 9.62. The molecule has 142 valence electrons. The van der Waals surface area contributed by atoms with Gasteiger partial charge >= 0.3 is 0 Å². The molecule has 1 atom stereocenters. The molecule has 0 N–H and O–H groups in total. The minimum Gasteiger partial charge on any atom is -0.467 e. The van der Waals surface area contributed by atoms with Gasteiger partial charge in [0.25, 0.3) is 0 Å². The molecule has 3 heterocycles. The molecule has 27 heavy (non-hydrogen) atoms. The van der Waals surface area contributed by atoms with Gasteiger partial charge in [-0.2, -0.15) is 0 Å². The standard InChI is InChI=1S/C20H26N6O/c1-2-19(20-21-22-23-26(20)16-18-9-6-14-27-18)25-12-10-24(11-13-25)15-17-7-4-3-5-8-17/h3-9,14,19H,2,10-13,15-16H2,1H3. The van der Waals surface area contributed by atoms with E-state index in [4.69, 9.17) is 4.42 Å². The Morgan fingerprint density at radius 1 is 1.00 bits per heavy atom. The molecular weight excluding hydrogens is 340 g/mol. The van der Waals surface area contributed by atoms with Crippen LogP contribution in [0.25, 0.3) is 0 Å². The highest BCUT2D eigenvalue weighted by Gasteiger charge is 2.28. The minimum absolute atomic E-state index is 0.230. The first kappa shape index (κ1) is 17.9. The third kappa shape index (κ3) is 4.26. The number of benzene rings is 1. The van der Waals surface area contributed by atoms with Gasteiger partial charge in [-0.3, -0.25) is 9.80 Å². The summed E-state index contributed by atoms with van der Waals surface area (Å²) in [5, 5.41) is 12.4. The van der Waals surface area contributed by atoms with Gasteiger partial charge in [0.15, 0.2) is 5.82 Å². The molecule has 1 aliphatic rings. The summed E-state index contributed by atoms with van der Waals surface area (Å²) in [7, 11) is 0. The summed E-state index contributed by atoms with van der Waals surface area (Å²) in [4.78, 5) is 5.02. The van der Waals surface area contributed by atoms with Crippen LogP contribution in [0.2, 0.25) is 0 Å². The SMILES string of the molecule is CCC(c1nnnn1Cc1ccco1)N1CCN(Cc2ccccc2)CC1. The second kappa shape index (κ2) is 8.45. The molecule has 0 aliphatic carbocycles. The van der Waals surface area contributed by atoms with Crippen LogP contribution in [0.4, 0.5) is 0 Å². The fourth-order valence-corrected chi connectivity index (χ4v) is 3.79. The van der Waals surface area contributed by atoms with Gasteiger partial charge in [0.1, 0.15) is 12.3 Å². The number of hydrogen-bond acceptors (Lipinski definition) is 6. The zero-order valence-electron chi connectivity index (χ0n) is 15.7. The van der Waals surface area contributed by atoms with E-state index in [9.17, 15) is 0 Å². The zero-order chi connectivity index (χ0) is 18.5. The maximum Gasteiger partial charge on any atom is 0.168 e. The molecule has 7 nitrogen and oxygen atoms in total. The van der Waals surface area contributed by atoms with Crippen molar-refractivity contribution in [2.24, 2.45) is 0 Å². The maximum absolute atomic E-state index is 5.45. The van der Waals surface area contributed by atoms with Crippen LogP contribution in [0.3, 0.4) is 0 Å². The Morgan fingerprint density at radius 2 is 1.81 bits per heavy atom. The van der Waals surface area contributed by atoms with E-state index in [2.05, 4.69) is 62.6 Å². The third-order valence-corrected chi connectivity index (χ3v) is 5.23. The lowest BCUT2D eigenvalue weighted by molar-refractivity contribution is 0.0843. The van der Waals surface area contributed by atoms with Crippen molar-refractivity contribution >= 4 is 0 Å². The first-order valence-electron chi connectivity index (χ1n) is 9.62. The molecule has 0 amide bonds. The Balaban J connectivity index is 1.39. The molecule has 1 aliphatic heterocycles. The minimum atomic E-state index is 0.230. The largest absolute Gasteiger partial charge is 0.467 e. The monoisotopic (exact) mass is 366 g/mol. The molecule has 0 bridgehead atoms. The van der Waals surface area contributed by atoms with Crippen molar-refractivity contribution in [2.45, 2.75) is 32.5 Å². The summed E-state index contributed by atoms with van der Waals surface area (Å²) in [5.41, 5.74) is 1.38. The van der Waals surface area contributed by atoms with Crippen molar-refractivity contribution in [1.29, 1.82) is 0 Å². The molecule has 7 heteroatoms. The Labute approximate surface area is 159 Å². The van der Waals surface area contributed by atoms with Crippen LogP contribution >= 0.6 is 0 Å². The second-order valence-electron chi connectivity index (χ2n) is 7.00. The van der Waals surface area contributed by atoms with Crippen molar-refractivity contribution in [1.82, 2.24) is 30.0 Å². The molecule has 0 radical (unpaired) electrons. The van der Waals surface area contributed by atoms with E-state index in [-0.39, 0.29) is 6.04 Å². The molecule has 1 aromatic carbocycles. The third-order valence-electron chi connectivity index (χ3n) is 5.23. The Hall–Kier alpha value is -2.51. The maximum atomic E-state index is 5.45. The number of piperazine rings is 1. The fourth-order valence-electron chi connectivity index (χ4n) is 3.79. The lowest BCUT2D eigenvalue weighted by Crippen LogP contribution is -2.47. The molecule has 0 spiro atoms. The zero-order valence-corrected chi connectivity index (χ0v) is 15.7. The predicted molar refractivity (Wildman–Crippen MR) is 102 cm³/mol. The van der Waals surface area contributed by atoms with Crippen LogP contribution in [0.15, 0.2) is 53.1 Å². The van der Waals surface area contributed by atoms with Crippen LogP contribution in [0, 0.1) is 0 Å². The smallest absolute Gasteiger partial charge is 0.168 e. The van der Waals surface area contributed by atoms with Gasteiger partial charge in [0.05, 0.1) is 12.3 Å². The van der Waals surface area contributed by atoms with Crippen molar-refractivity contribution in [3.05, 3.63) is 65.9 Å². The van der Waals surface area contributed by atoms with E-state index in [0.717, 1.165) is 50.7 Å². The van der Waals surface area contributed by atoms with Gasteiger partial charge in [0.2, 0.25) is 0 Å². The van der Waals surface area contributed by atoms with Gasteiger partial charge in [0, 0.05) is 32.7 Å². The summed E-state index contributed by atoms with van der Waals surface area (Å²) in [6.45, 7) is 7.96. The molecular formula is C20H26N6O. The number of hydrogen-bond donors (Lipinski definition) is 0. The molecule has 3 aromatic rings. The second-order valence-corrected chi connectivity index (χ2v) is 7.00. The van der Waals surface area contributed by atoms with Crippen molar-refractivity contribution < 1.29 is 4.42 Å². The average Bonchev–Trinajstić information content (AvgIpc) is 3.38. The van der Waals surface area contributed by atoms with Gasteiger partial charge in [-0.05, 0) is 34.5 Å². The number of nitrogens with zero attached hydrogens (tertiary/aromatic N) is 6. The van der Waals surface area contributed by atoms with Crippen LogP contribution in [0.1, 0.15) is 36.5 Å². The number of aromatic nitrogens is 4. The lowest BCUT2D eigenvalue weighted by atomic mass is 10.1. The van der Waals surface area contributed by atoms with Gasteiger partial charge < -0.3 is 4.42 Å². The van der Waals surface area contributed by atoms with Crippen LogP contribution in [-0.2, 0) is 13.1 Å². The van der Waals surface area contributed by atoms with E-state index in [0.29, 0.717) is 6.54 Å². The Kier molecular flexibility index (Phi) is 5.60. The van der Waals surface area contributed by atoms with E-state index >= 15 is 0 Å². The normalized spacial score (nSPS) is 17.2. The number of rotatable bonds is 7. The molecule has 4 rings (SSSR count). The number of furan rings is 1. The van der Waals surface area contributed by atoms with Crippen molar-refractivity contribution in [2.75, 3.05) is 26.2 Å². The van der Waals surface area contributed by atoms with Crippen molar-refractivity contribution in [3.63, 3.8) is 0 Å². The summed E-state index contributed by atoms with van der Waals surface area (Å²) >= 11 is 0. The van der Waals surface area contributed by atoms with Gasteiger partial charge in [-0.25, -0.2) is 4.68 Å². The van der Waals surface area contributed by atoms with Crippen LogP contribution in [0.5, 0.6) is 0 Å². The molecule has 0 saturated carbocycles. The summed E-state index contributed by atoms with van der Waals surface area (Å²) in [6.07, 6.45) is 2.67. The molecule has 1 fully saturated rings. The van der Waals surface area contributed by atoms with E-state index < -0.39 is 0 Å². The lowest BCUT2D eigenvalue weighted by Gasteiger charge is -2.38. The van der Waals surface area contributed by atoms with E-state index in [1.165, 1.54) is 5.56 Å². The highest BCUT2D eigenvalue weighted by Crippen LogP contribution is 2.24. The van der Waals surface area contributed by atoms with Gasteiger partial charge in [-0.15, -0.1) is 5.10 Å². The quantitative estimate of drug-likeness (QED) is 0.640. The average molecular weight is 366 g/mol. The molecule has 1 unspecified atom stereocenters. The Bertz CT molecular complexity index is 808. The van der Waals surface area contributed by atoms with Crippen molar-refractivity contribution in [3.8, 4) is 0 Å². The van der Waals surface area contributed by atoms with Crippen LogP contribution < -0.4 is 0 Å². The summed E-state index contributed by atoms with van der Waals surface area (Å²) < 4.78 is 7.32. The first-order chi connectivity index (χ1) is 13.3. The van der Waals surface area contributed by atoms with E-state index in [1.807, 2.05) is 16.8 Å². The Morgan fingerprint density at radius 3 is 2.52 bits per heavy atom. The van der Waals surface area contributed by atoms with E-state index in [1.54, 1.807) is 6.26 Å². The fraction of sp³-hybridized carbons (Fsp3) is 0.450. The highest BCUT2D eigenvalue weighted by molar-refractivity contribution is 5.14. The predicted octanol–water partition coefficient (Wildman–Crippen LogP) is 2.58. The number of tetrazole rings is 1. The molecule has 2 aromatic heterocycles. The van der Waals surface area contributed by atoms with Gasteiger partial charge in [-0.1, -0.05) is 37.3 Å². The summed E-state index contributed by atoms with van der Waals surface area (Å²) in [6, 6.07) is 14.8. The topological polar surface area (TPSA) is 63.2 Å². The molecule has 1 saturated heterocycles. The van der Waals surface area contributed by atoms with Crippen LogP contribution in [-0.4, -0.2) is 56.2 Å². The highest BCUT2D eigenvalue weighted by atomic mass is 16.3.